The molecule has 1 aromatic rings. The van der Waals surface area contributed by atoms with Crippen molar-refractivity contribution in [2.24, 2.45) is 11.7 Å². The second-order valence-corrected chi connectivity index (χ2v) is 4.30. The van der Waals surface area contributed by atoms with E-state index in [1.54, 1.807) is 0 Å². The van der Waals surface area contributed by atoms with E-state index in [4.69, 9.17) is 5.73 Å². The van der Waals surface area contributed by atoms with Crippen LogP contribution in [-0.4, -0.2) is 24.5 Å². The van der Waals surface area contributed by atoms with Crippen LogP contribution in [0.3, 0.4) is 0 Å². The molecular formula is C13H21FN2. The van der Waals surface area contributed by atoms with Crippen molar-refractivity contribution in [2.75, 3.05) is 19.6 Å². The number of nitrogens with two attached hydrogens (primary N) is 1. The Bertz CT molecular complexity index is 297. The topological polar surface area (TPSA) is 29.3 Å². The Kier molecular flexibility index (Phi) is 5.43. The Balaban J connectivity index is 2.52. The minimum absolute atomic E-state index is 0.179. The molecule has 0 aromatic heterocycles. The lowest BCUT2D eigenvalue weighted by atomic mass is 10.1. The zero-order valence-electron chi connectivity index (χ0n) is 10.1. The molecule has 0 aliphatic carbocycles. The second kappa shape index (κ2) is 6.61. The van der Waals surface area contributed by atoms with Gasteiger partial charge in [-0.25, -0.2) is 4.39 Å². The SMILES string of the molecule is CCN(Cc1ccc(F)cc1)CC(C)CN. The number of nitrogens with zero attached hydrogens (tertiary/aromatic N) is 1. The van der Waals surface area contributed by atoms with Crippen LogP contribution in [0.25, 0.3) is 0 Å². The largest absolute Gasteiger partial charge is 0.330 e. The molecule has 0 saturated carbocycles. The van der Waals surface area contributed by atoms with Gasteiger partial charge in [0, 0.05) is 13.1 Å². The molecule has 0 aliphatic heterocycles. The summed E-state index contributed by atoms with van der Waals surface area (Å²) < 4.78 is 12.7. The lowest BCUT2D eigenvalue weighted by Crippen LogP contribution is -2.31. The standard InChI is InChI=1S/C13H21FN2/c1-3-16(9-11(2)8-15)10-12-4-6-13(14)7-5-12/h4-7,11H,3,8-10,15H2,1-2H3. The number of hydrogen-bond donors (Lipinski definition) is 1. The maximum atomic E-state index is 12.7. The third-order valence-electron chi connectivity index (χ3n) is 2.74. The third kappa shape index (κ3) is 4.29. The quantitative estimate of drug-likeness (QED) is 0.803. The van der Waals surface area contributed by atoms with E-state index >= 15 is 0 Å². The summed E-state index contributed by atoms with van der Waals surface area (Å²) >= 11 is 0. The molecule has 16 heavy (non-hydrogen) atoms. The van der Waals surface area contributed by atoms with Gasteiger partial charge in [-0.2, -0.15) is 0 Å². The summed E-state index contributed by atoms with van der Waals surface area (Å²) in [7, 11) is 0. The summed E-state index contributed by atoms with van der Waals surface area (Å²) in [6, 6.07) is 6.70. The molecule has 0 amide bonds. The van der Waals surface area contributed by atoms with Crippen LogP contribution in [0.4, 0.5) is 4.39 Å². The van der Waals surface area contributed by atoms with Crippen molar-refractivity contribution in [1.82, 2.24) is 4.90 Å². The van der Waals surface area contributed by atoms with E-state index in [0.717, 1.165) is 25.2 Å². The Morgan fingerprint density at radius 3 is 2.44 bits per heavy atom. The zero-order valence-corrected chi connectivity index (χ0v) is 10.1. The molecular weight excluding hydrogens is 203 g/mol. The monoisotopic (exact) mass is 224 g/mol. The van der Waals surface area contributed by atoms with E-state index in [-0.39, 0.29) is 5.82 Å². The van der Waals surface area contributed by atoms with E-state index in [0.29, 0.717) is 12.5 Å². The van der Waals surface area contributed by atoms with Crippen LogP contribution >= 0.6 is 0 Å². The Morgan fingerprint density at radius 1 is 1.31 bits per heavy atom. The van der Waals surface area contributed by atoms with Crippen molar-refractivity contribution in [3.8, 4) is 0 Å². The Hall–Kier alpha value is -0.930. The molecule has 1 atom stereocenters. The highest BCUT2D eigenvalue weighted by atomic mass is 19.1. The summed E-state index contributed by atoms with van der Waals surface area (Å²) in [4.78, 5) is 2.32. The molecule has 1 unspecified atom stereocenters. The van der Waals surface area contributed by atoms with E-state index < -0.39 is 0 Å². The molecule has 1 rings (SSSR count). The molecule has 0 aliphatic rings. The highest BCUT2D eigenvalue weighted by Gasteiger charge is 2.07. The van der Waals surface area contributed by atoms with Crippen molar-refractivity contribution in [3.05, 3.63) is 35.6 Å². The minimum Gasteiger partial charge on any atom is -0.330 e. The Labute approximate surface area is 97.3 Å². The minimum atomic E-state index is -0.179. The van der Waals surface area contributed by atoms with E-state index in [9.17, 15) is 4.39 Å². The van der Waals surface area contributed by atoms with Crippen molar-refractivity contribution < 1.29 is 4.39 Å². The van der Waals surface area contributed by atoms with Crippen molar-refractivity contribution in [3.63, 3.8) is 0 Å². The average molecular weight is 224 g/mol. The van der Waals surface area contributed by atoms with Gasteiger partial charge >= 0.3 is 0 Å². The maximum absolute atomic E-state index is 12.7. The first-order chi connectivity index (χ1) is 7.65. The number of benzene rings is 1. The van der Waals surface area contributed by atoms with Gasteiger partial charge in [0.1, 0.15) is 5.82 Å². The van der Waals surface area contributed by atoms with Crippen LogP contribution in [-0.2, 0) is 6.54 Å². The van der Waals surface area contributed by atoms with Gasteiger partial charge in [0.25, 0.3) is 0 Å². The van der Waals surface area contributed by atoms with Gasteiger partial charge in [0.2, 0.25) is 0 Å². The molecule has 0 bridgehead atoms. The molecule has 0 heterocycles. The molecule has 0 saturated heterocycles. The smallest absolute Gasteiger partial charge is 0.123 e. The van der Waals surface area contributed by atoms with Crippen molar-refractivity contribution in [1.29, 1.82) is 0 Å². The molecule has 1 aromatic carbocycles. The van der Waals surface area contributed by atoms with Gasteiger partial charge in [0.15, 0.2) is 0 Å². The first-order valence-corrected chi connectivity index (χ1v) is 5.82. The van der Waals surface area contributed by atoms with Crippen LogP contribution in [0.5, 0.6) is 0 Å². The summed E-state index contributed by atoms with van der Waals surface area (Å²) in [6.45, 7) is 7.83. The lowest BCUT2D eigenvalue weighted by Gasteiger charge is -2.23. The van der Waals surface area contributed by atoms with Crippen molar-refractivity contribution in [2.45, 2.75) is 20.4 Å². The fourth-order valence-electron chi connectivity index (χ4n) is 1.67. The fourth-order valence-corrected chi connectivity index (χ4v) is 1.67. The van der Waals surface area contributed by atoms with Crippen molar-refractivity contribution >= 4 is 0 Å². The van der Waals surface area contributed by atoms with E-state index in [1.807, 2.05) is 12.1 Å². The summed E-state index contributed by atoms with van der Waals surface area (Å²) in [5, 5.41) is 0. The maximum Gasteiger partial charge on any atom is 0.123 e. The fraction of sp³-hybridized carbons (Fsp3) is 0.538. The number of rotatable bonds is 6. The second-order valence-electron chi connectivity index (χ2n) is 4.30. The average Bonchev–Trinajstić information content (AvgIpc) is 2.30. The Morgan fingerprint density at radius 2 is 1.94 bits per heavy atom. The lowest BCUT2D eigenvalue weighted by molar-refractivity contribution is 0.243. The predicted octanol–water partition coefficient (Wildman–Crippen LogP) is 2.24. The normalized spacial score (nSPS) is 13.1. The zero-order chi connectivity index (χ0) is 12.0. The van der Waals surface area contributed by atoms with E-state index in [2.05, 4.69) is 18.7 Å². The molecule has 0 radical (unpaired) electrons. The van der Waals surface area contributed by atoms with Gasteiger partial charge in [-0.15, -0.1) is 0 Å². The summed E-state index contributed by atoms with van der Waals surface area (Å²) in [6.07, 6.45) is 0. The number of hydrogen-bond acceptors (Lipinski definition) is 2. The van der Waals surface area contributed by atoms with Gasteiger partial charge in [0.05, 0.1) is 0 Å². The van der Waals surface area contributed by atoms with Gasteiger partial charge < -0.3 is 5.73 Å². The third-order valence-corrected chi connectivity index (χ3v) is 2.74. The predicted molar refractivity (Wildman–Crippen MR) is 65.6 cm³/mol. The first-order valence-electron chi connectivity index (χ1n) is 5.82. The highest BCUT2D eigenvalue weighted by molar-refractivity contribution is 5.15. The molecule has 2 N–H and O–H groups in total. The molecule has 0 spiro atoms. The van der Waals surface area contributed by atoms with E-state index in [1.165, 1.54) is 12.1 Å². The van der Waals surface area contributed by atoms with Crippen LogP contribution in [0.15, 0.2) is 24.3 Å². The van der Waals surface area contributed by atoms with Gasteiger partial charge in [-0.05, 0) is 36.7 Å². The highest BCUT2D eigenvalue weighted by Crippen LogP contribution is 2.08. The molecule has 2 nitrogen and oxygen atoms in total. The van der Waals surface area contributed by atoms with Gasteiger partial charge in [-0.3, -0.25) is 4.90 Å². The first kappa shape index (κ1) is 13.1. The van der Waals surface area contributed by atoms with Crippen LogP contribution in [0, 0.1) is 11.7 Å². The summed E-state index contributed by atoms with van der Waals surface area (Å²) in [5.41, 5.74) is 6.76. The van der Waals surface area contributed by atoms with Crippen LogP contribution in [0.2, 0.25) is 0 Å². The number of halogens is 1. The van der Waals surface area contributed by atoms with Crippen LogP contribution in [0.1, 0.15) is 19.4 Å². The van der Waals surface area contributed by atoms with Gasteiger partial charge in [-0.1, -0.05) is 26.0 Å². The molecule has 3 heteroatoms. The van der Waals surface area contributed by atoms with Crippen LogP contribution < -0.4 is 5.73 Å². The summed E-state index contributed by atoms with van der Waals surface area (Å²) in [5.74, 6) is 0.322. The molecule has 0 fully saturated rings. The molecule has 90 valence electrons.